The quantitative estimate of drug-likeness (QED) is 0.398. The first-order valence-electron chi connectivity index (χ1n) is 10.8. The monoisotopic (exact) mass is 495 g/mol. The summed E-state index contributed by atoms with van der Waals surface area (Å²) in [6.45, 7) is 1.44. The van der Waals surface area contributed by atoms with Crippen molar-refractivity contribution in [2.75, 3.05) is 0 Å². The molecule has 0 radical (unpaired) electrons. The largest absolute Gasteiger partial charge is 0.480 e. The molecule has 1 unspecified atom stereocenters. The van der Waals surface area contributed by atoms with Gasteiger partial charge < -0.3 is 5.11 Å². The van der Waals surface area contributed by atoms with Crippen molar-refractivity contribution in [1.29, 1.82) is 0 Å². The lowest BCUT2D eigenvalue weighted by Crippen LogP contribution is -2.34. The highest BCUT2D eigenvalue weighted by atomic mass is 32.2. The SMILES string of the molecule is Cc1ccc(-c2ccc(CS(=O)(=O)C(CCn3nnc4ccccc4c3=O)C(=O)O)cc2)cc1F. The summed E-state index contributed by atoms with van der Waals surface area (Å²) in [5.74, 6) is -2.34. The number of benzene rings is 3. The van der Waals surface area contributed by atoms with Gasteiger partial charge in [-0.1, -0.05) is 53.7 Å². The van der Waals surface area contributed by atoms with E-state index in [-0.39, 0.29) is 18.8 Å². The van der Waals surface area contributed by atoms with Crippen molar-refractivity contribution in [3.63, 3.8) is 0 Å². The van der Waals surface area contributed by atoms with Crippen LogP contribution in [0, 0.1) is 12.7 Å². The van der Waals surface area contributed by atoms with Crippen LogP contribution < -0.4 is 5.56 Å². The predicted octanol–water partition coefficient (Wildman–Crippen LogP) is 3.36. The number of fused-ring (bicyclic) bond motifs is 1. The molecule has 0 spiro atoms. The molecular weight excluding hydrogens is 473 g/mol. The second kappa shape index (κ2) is 9.75. The summed E-state index contributed by atoms with van der Waals surface area (Å²) < 4.78 is 40.7. The number of rotatable bonds is 8. The number of nitrogens with zero attached hydrogens (tertiary/aromatic N) is 3. The Morgan fingerprint density at radius 1 is 1.06 bits per heavy atom. The van der Waals surface area contributed by atoms with Gasteiger partial charge in [0.25, 0.3) is 5.56 Å². The molecule has 0 bridgehead atoms. The smallest absolute Gasteiger partial charge is 0.321 e. The van der Waals surface area contributed by atoms with Gasteiger partial charge in [0, 0.05) is 6.54 Å². The number of carbonyl (C=O) groups is 1. The number of carboxylic acid groups (broad SMARTS) is 1. The molecule has 1 heterocycles. The first kappa shape index (κ1) is 24.2. The molecule has 10 heteroatoms. The van der Waals surface area contributed by atoms with Crippen molar-refractivity contribution in [1.82, 2.24) is 15.0 Å². The molecule has 0 aliphatic carbocycles. The average molecular weight is 496 g/mol. The fraction of sp³-hybridized carbons (Fsp3) is 0.200. The second-order valence-electron chi connectivity index (χ2n) is 8.22. The fourth-order valence-corrected chi connectivity index (χ4v) is 5.39. The van der Waals surface area contributed by atoms with Crippen LogP contribution in [0.3, 0.4) is 0 Å². The van der Waals surface area contributed by atoms with Crippen molar-refractivity contribution in [2.24, 2.45) is 0 Å². The van der Waals surface area contributed by atoms with Crippen LogP contribution in [0.25, 0.3) is 22.0 Å². The third-order valence-corrected chi connectivity index (χ3v) is 7.81. The lowest BCUT2D eigenvalue weighted by Gasteiger charge is -2.14. The first-order chi connectivity index (χ1) is 16.7. The number of aromatic nitrogens is 3. The van der Waals surface area contributed by atoms with Gasteiger partial charge in [-0.2, -0.15) is 0 Å². The van der Waals surface area contributed by atoms with Gasteiger partial charge in [-0.15, -0.1) is 5.10 Å². The van der Waals surface area contributed by atoms with E-state index < -0.39 is 32.4 Å². The van der Waals surface area contributed by atoms with E-state index in [4.69, 9.17) is 0 Å². The van der Waals surface area contributed by atoms with Crippen LogP contribution in [0.5, 0.6) is 0 Å². The highest BCUT2D eigenvalue weighted by molar-refractivity contribution is 7.92. The van der Waals surface area contributed by atoms with E-state index in [9.17, 15) is 27.5 Å². The predicted molar refractivity (Wildman–Crippen MR) is 129 cm³/mol. The second-order valence-corrected chi connectivity index (χ2v) is 10.4. The van der Waals surface area contributed by atoms with Gasteiger partial charge in [0.05, 0.1) is 11.1 Å². The normalized spacial score (nSPS) is 12.5. The summed E-state index contributed by atoms with van der Waals surface area (Å²) in [4.78, 5) is 24.4. The van der Waals surface area contributed by atoms with Crippen LogP contribution in [0.2, 0.25) is 0 Å². The lowest BCUT2D eigenvalue weighted by atomic mass is 10.0. The Labute approximate surface area is 200 Å². The van der Waals surface area contributed by atoms with Crippen molar-refractivity contribution >= 4 is 26.7 Å². The minimum absolute atomic E-state index is 0.217. The van der Waals surface area contributed by atoms with Gasteiger partial charge in [0.15, 0.2) is 15.1 Å². The summed E-state index contributed by atoms with van der Waals surface area (Å²) in [5, 5.41) is 15.9. The molecule has 35 heavy (non-hydrogen) atoms. The number of hydrogen-bond acceptors (Lipinski definition) is 6. The van der Waals surface area contributed by atoms with Crippen LogP contribution in [0.4, 0.5) is 4.39 Å². The molecule has 3 aromatic carbocycles. The molecule has 1 aromatic heterocycles. The van der Waals surface area contributed by atoms with E-state index in [0.29, 0.717) is 33.2 Å². The number of hydrogen-bond donors (Lipinski definition) is 1. The van der Waals surface area contributed by atoms with Gasteiger partial charge in [-0.3, -0.25) is 9.59 Å². The number of sulfone groups is 1. The van der Waals surface area contributed by atoms with Gasteiger partial charge in [0.1, 0.15) is 11.3 Å². The number of aliphatic carboxylic acids is 1. The summed E-state index contributed by atoms with van der Waals surface area (Å²) in [7, 11) is -4.11. The van der Waals surface area contributed by atoms with Crippen LogP contribution in [0.1, 0.15) is 17.5 Å². The van der Waals surface area contributed by atoms with Gasteiger partial charge in [-0.05, 0) is 53.8 Å². The van der Waals surface area contributed by atoms with E-state index in [2.05, 4.69) is 10.3 Å². The zero-order chi connectivity index (χ0) is 25.2. The lowest BCUT2D eigenvalue weighted by molar-refractivity contribution is -0.136. The molecule has 1 atom stereocenters. The zero-order valence-corrected chi connectivity index (χ0v) is 19.6. The topological polar surface area (TPSA) is 119 Å². The van der Waals surface area contributed by atoms with Crippen molar-refractivity contribution in [3.8, 4) is 11.1 Å². The molecule has 0 amide bonds. The average Bonchev–Trinajstić information content (AvgIpc) is 2.82. The molecule has 0 saturated heterocycles. The molecule has 0 aliphatic heterocycles. The Hall–Kier alpha value is -3.92. The zero-order valence-electron chi connectivity index (χ0n) is 18.8. The maximum atomic E-state index is 13.9. The molecule has 0 aliphatic rings. The molecule has 1 N–H and O–H groups in total. The maximum Gasteiger partial charge on any atom is 0.321 e. The van der Waals surface area contributed by atoms with E-state index in [1.165, 1.54) is 6.07 Å². The molecular formula is C25H22FN3O5S. The minimum atomic E-state index is -4.11. The van der Waals surface area contributed by atoms with Gasteiger partial charge in [0.2, 0.25) is 0 Å². The molecule has 4 aromatic rings. The Kier molecular flexibility index (Phi) is 6.74. The maximum absolute atomic E-state index is 13.9. The van der Waals surface area contributed by atoms with Crippen molar-refractivity contribution < 1.29 is 22.7 Å². The van der Waals surface area contributed by atoms with Crippen molar-refractivity contribution in [3.05, 3.63) is 94.0 Å². The Balaban J connectivity index is 1.50. The Bertz CT molecular complexity index is 1570. The number of carboxylic acids is 1. The van der Waals surface area contributed by atoms with Crippen LogP contribution in [-0.4, -0.2) is 39.7 Å². The molecule has 180 valence electrons. The standard InChI is InChI=1S/C25H22FN3O5S/c1-16-6-9-19(14-21(16)26)18-10-7-17(8-11-18)15-35(33,34)23(25(31)32)12-13-29-24(30)20-4-2-3-5-22(20)27-28-29/h2-11,14,23H,12-13,15H2,1H3,(H,31,32). The first-order valence-corrected chi connectivity index (χ1v) is 12.5. The highest BCUT2D eigenvalue weighted by Gasteiger charge is 2.32. The number of aryl methyl sites for hydroxylation is 2. The Morgan fingerprint density at radius 2 is 1.74 bits per heavy atom. The van der Waals surface area contributed by atoms with E-state index >= 15 is 0 Å². The summed E-state index contributed by atoms with van der Waals surface area (Å²) in [6, 6.07) is 17.9. The third-order valence-electron chi connectivity index (χ3n) is 5.77. The van der Waals surface area contributed by atoms with Gasteiger partial charge >= 0.3 is 5.97 Å². The summed E-state index contributed by atoms with van der Waals surface area (Å²) in [5.41, 5.74) is 2.19. The van der Waals surface area contributed by atoms with E-state index in [1.807, 2.05) is 0 Å². The van der Waals surface area contributed by atoms with Crippen molar-refractivity contribution in [2.45, 2.75) is 30.9 Å². The van der Waals surface area contributed by atoms with Crippen LogP contribution in [-0.2, 0) is 26.9 Å². The highest BCUT2D eigenvalue weighted by Crippen LogP contribution is 2.23. The minimum Gasteiger partial charge on any atom is -0.480 e. The van der Waals surface area contributed by atoms with E-state index in [1.54, 1.807) is 67.6 Å². The Morgan fingerprint density at radius 3 is 2.43 bits per heavy atom. The molecule has 0 saturated carbocycles. The molecule has 8 nitrogen and oxygen atoms in total. The van der Waals surface area contributed by atoms with Gasteiger partial charge in [-0.25, -0.2) is 17.5 Å². The summed E-state index contributed by atoms with van der Waals surface area (Å²) >= 11 is 0. The third kappa shape index (κ3) is 5.27. The fourth-order valence-electron chi connectivity index (χ4n) is 3.76. The summed E-state index contributed by atoms with van der Waals surface area (Å²) in [6.07, 6.45) is -0.342. The molecule has 0 fully saturated rings. The number of halogens is 1. The van der Waals surface area contributed by atoms with Crippen LogP contribution in [0.15, 0.2) is 71.5 Å². The van der Waals surface area contributed by atoms with Crippen LogP contribution >= 0.6 is 0 Å². The van der Waals surface area contributed by atoms with E-state index in [0.717, 1.165) is 4.68 Å². The molecule has 4 rings (SSSR count).